The van der Waals surface area contributed by atoms with Crippen LogP contribution in [0, 0.1) is 5.41 Å². The summed E-state index contributed by atoms with van der Waals surface area (Å²) in [6.07, 6.45) is 0. The van der Waals surface area contributed by atoms with Gasteiger partial charge in [-0.3, -0.25) is 4.79 Å². The molecule has 3 nitrogen and oxygen atoms in total. The van der Waals surface area contributed by atoms with Crippen LogP contribution in [-0.2, 0) is 11.3 Å². The Balaban J connectivity index is 2.68. The molecular weight excluding hydrogens is 248 g/mol. The van der Waals surface area contributed by atoms with Crippen LogP contribution in [0.1, 0.15) is 26.3 Å². The van der Waals surface area contributed by atoms with E-state index in [-0.39, 0.29) is 11.3 Å². The Kier molecular flexibility index (Phi) is 4.77. The summed E-state index contributed by atoms with van der Waals surface area (Å²) in [5.74, 6) is -0.0440. The number of likely N-dealkylation sites (N-methyl/N-ethyl adjacent to an activating group) is 1. The van der Waals surface area contributed by atoms with Crippen LogP contribution < -0.4 is 5.73 Å². The highest BCUT2D eigenvalue weighted by molar-refractivity contribution is 6.30. The highest BCUT2D eigenvalue weighted by Gasteiger charge is 2.29. The number of carbonyl (C=O) groups is 1. The molecule has 100 valence electrons. The van der Waals surface area contributed by atoms with Crippen LogP contribution in [0.4, 0.5) is 0 Å². The summed E-state index contributed by atoms with van der Waals surface area (Å²) < 4.78 is 0. The zero-order valence-corrected chi connectivity index (χ0v) is 12.2. The largest absolute Gasteiger partial charge is 0.340 e. The molecule has 1 rings (SSSR count). The predicted molar refractivity (Wildman–Crippen MR) is 75.4 cm³/mol. The number of hydrogen-bond donors (Lipinski definition) is 1. The van der Waals surface area contributed by atoms with Gasteiger partial charge in [-0.15, -0.1) is 0 Å². The van der Waals surface area contributed by atoms with Crippen molar-refractivity contribution in [3.63, 3.8) is 0 Å². The van der Waals surface area contributed by atoms with Crippen molar-refractivity contribution in [3.8, 4) is 0 Å². The van der Waals surface area contributed by atoms with E-state index in [1.807, 2.05) is 45.0 Å². The van der Waals surface area contributed by atoms with Gasteiger partial charge in [-0.25, -0.2) is 0 Å². The summed E-state index contributed by atoms with van der Waals surface area (Å²) in [6, 6.07) is 6.97. The molecule has 0 aliphatic heterocycles. The first-order valence-electron chi connectivity index (χ1n) is 5.97. The van der Waals surface area contributed by atoms with Crippen LogP contribution >= 0.6 is 11.6 Å². The average Bonchev–Trinajstić information content (AvgIpc) is 2.29. The number of amides is 1. The second-order valence-electron chi connectivity index (χ2n) is 5.66. The second kappa shape index (κ2) is 5.72. The number of nitrogens with zero attached hydrogens (tertiary/aromatic N) is 1. The molecule has 0 spiro atoms. The highest BCUT2D eigenvalue weighted by Crippen LogP contribution is 2.19. The fourth-order valence-electron chi connectivity index (χ4n) is 1.55. The summed E-state index contributed by atoms with van der Waals surface area (Å²) in [7, 11) is 1.77. The van der Waals surface area contributed by atoms with Gasteiger partial charge in [-0.05, 0) is 23.1 Å². The minimum atomic E-state index is -0.491. The molecule has 1 aromatic rings. The molecule has 0 saturated carbocycles. The van der Waals surface area contributed by atoms with Gasteiger partial charge < -0.3 is 10.6 Å². The first kappa shape index (κ1) is 15.0. The molecule has 0 aliphatic rings. The number of hydrogen-bond acceptors (Lipinski definition) is 2. The van der Waals surface area contributed by atoms with Crippen molar-refractivity contribution in [3.05, 3.63) is 34.9 Å². The molecule has 0 aliphatic carbocycles. The smallest absolute Gasteiger partial charge is 0.240 e. The van der Waals surface area contributed by atoms with Gasteiger partial charge in [0, 0.05) is 18.6 Å². The fraction of sp³-hybridized carbons (Fsp3) is 0.500. The molecule has 1 atom stereocenters. The highest BCUT2D eigenvalue weighted by atomic mass is 35.5. The Morgan fingerprint density at radius 3 is 2.28 bits per heavy atom. The van der Waals surface area contributed by atoms with Gasteiger partial charge in [-0.2, -0.15) is 0 Å². The number of benzene rings is 1. The Morgan fingerprint density at radius 1 is 1.33 bits per heavy atom. The molecule has 0 saturated heterocycles. The molecule has 1 unspecified atom stereocenters. The Bertz CT molecular complexity index is 409. The lowest BCUT2D eigenvalue weighted by molar-refractivity contribution is -0.134. The predicted octanol–water partition coefficient (Wildman–Crippen LogP) is 2.67. The molecule has 0 heterocycles. The number of carbonyl (C=O) groups excluding carboxylic acids is 1. The van der Waals surface area contributed by atoms with E-state index in [0.717, 1.165) is 5.56 Å². The van der Waals surface area contributed by atoms with Crippen LogP contribution in [0.2, 0.25) is 5.02 Å². The maximum absolute atomic E-state index is 12.1. The minimum absolute atomic E-state index is 0.0440. The van der Waals surface area contributed by atoms with Gasteiger partial charge in [0.2, 0.25) is 5.91 Å². The van der Waals surface area contributed by atoms with E-state index in [9.17, 15) is 4.79 Å². The SMILES string of the molecule is CN(Cc1ccc(Cl)cc1)C(=O)C(N)C(C)(C)C. The molecule has 0 aromatic heterocycles. The van der Waals surface area contributed by atoms with E-state index in [0.29, 0.717) is 11.6 Å². The summed E-state index contributed by atoms with van der Waals surface area (Å²) in [4.78, 5) is 13.8. The molecule has 1 aromatic carbocycles. The molecular formula is C14H21ClN2O. The average molecular weight is 269 g/mol. The molecule has 0 fully saturated rings. The van der Waals surface area contributed by atoms with Crippen molar-refractivity contribution >= 4 is 17.5 Å². The molecule has 0 radical (unpaired) electrons. The maximum atomic E-state index is 12.1. The van der Waals surface area contributed by atoms with Crippen LogP contribution in [0.15, 0.2) is 24.3 Å². The normalized spacial score (nSPS) is 13.2. The molecule has 2 N–H and O–H groups in total. The number of nitrogens with two attached hydrogens (primary N) is 1. The minimum Gasteiger partial charge on any atom is -0.340 e. The van der Waals surface area contributed by atoms with Gasteiger partial charge in [-0.1, -0.05) is 44.5 Å². The molecule has 0 bridgehead atoms. The van der Waals surface area contributed by atoms with E-state index in [1.54, 1.807) is 11.9 Å². The van der Waals surface area contributed by atoms with Crippen molar-refractivity contribution < 1.29 is 4.79 Å². The summed E-state index contributed by atoms with van der Waals surface area (Å²) in [5.41, 5.74) is 6.77. The molecule has 18 heavy (non-hydrogen) atoms. The van der Waals surface area contributed by atoms with Crippen LogP contribution in [-0.4, -0.2) is 23.9 Å². The fourth-order valence-corrected chi connectivity index (χ4v) is 1.68. The third kappa shape index (κ3) is 4.00. The zero-order chi connectivity index (χ0) is 13.9. The van der Waals surface area contributed by atoms with Gasteiger partial charge in [0.05, 0.1) is 6.04 Å². The van der Waals surface area contributed by atoms with E-state index in [4.69, 9.17) is 17.3 Å². The van der Waals surface area contributed by atoms with E-state index in [2.05, 4.69) is 0 Å². The second-order valence-corrected chi connectivity index (χ2v) is 6.10. The van der Waals surface area contributed by atoms with Crippen molar-refractivity contribution in [1.82, 2.24) is 4.90 Å². The van der Waals surface area contributed by atoms with Crippen LogP contribution in [0.3, 0.4) is 0 Å². The standard InChI is InChI=1S/C14H21ClN2O/c1-14(2,3)12(16)13(18)17(4)9-10-5-7-11(15)8-6-10/h5-8,12H,9,16H2,1-4H3. The van der Waals surface area contributed by atoms with E-state index < -0.39 is 6.04 Å². The van der Waals surface area contributed by atoms with E-state index >= 15 is 0 Å². The first-order valence-corrected chi connectivity index (χ1v) is 6.34. The summed E-state index contributed by atoms with van der Waals surface area (Å²) >= 11 is 5.82. The number of rotatable bonds is 3. The van der Waals surface area contributed by atoms with Gasteiger partial charge in [0.25, 0.3) is 0 Å². The topological polar surface area (TPSA) is 46.3 Å². The van der Waals surface area contributed by atoms with Crippen LogP contribution in [0.25, 0.3) is 0 Å². The molecule has 4 heteroatoms. The van der Waals surface area contributed by atoms with Crippen molar-refractivity contribution in [2.45, 2.75) is 33.4 Å². The zero-order valence-electron chi connectivity index (χ0n) is 11.4. The lowest BCUT2D eigenvalue weighted by Gasteiger charge is -2.30. The van der Waals surface area contributed by atoms with Gasteiger partial charge in [0.1, 0.15) is 0 Å². The van der Waals surface area contributed by atoms with Gasteiger partial charge >= 0.3 is 0 Å². The van der Waals surface area contributed by atoms with Crippen molar-refractivity contribution in [1.29, 1.82) is 0 Å². The molecule has 1 amide bonds. The lowest BCUT2D eigenvalue weighted by atomic mass is 9.86. The summed E-state index contributed by atoms with van der Waals surface area (Å²) in [5, 5.41) is 0.694. The van der Waals surface area contributed by atoms with Crippen molar-refractivity contribution in [2.24, 2.45) is 11.1 Å². The first-order chi connectivity index (χ1) is 8.21. The Labute approximate surface area is 114 Å². The summed E-state index contributed by atoms with van der Waals surface area (Å²) in [6.45, 7) is 6.43. The quantitative estimate of drug-likeness (QED) is 0.916. The Morgan fingerprint density at radius 2 is 1.83 bits per heavy atom. The Hall–Kier alpha value is -1.06. The third-order valence-electron chi connectivity index (χ3n) is 2.91. The third-order valence-corrected chi connectivity index (χ3v) is 3.16. The van der Waals surface area contributed by atoms with Gasteiger partial charge in [0.15, 0.2) is 0 Å². The number of halogens is 1. The monoisotopic (exact) mass is 268 g/mol. The lowest BCUT2D eigenvalue weighted by Crippen LogP contribution is -2.48. The van der Waals surface area contributed by atoms with Crippen LogP contribution in [0.5, 0.6) is 0 Å². The maximum Gasteiger partial charge on any atom is 0.240 e. The van der Waals surface area contributed by atoms with E-state index in [1.165, 1.54) is 0 Å². The van der Waals surface area contributed by atoms with Crippen molar-refractivity contribution in [2.75, 3.05) is 7.05 Å².